The first-order valence-corrected chi connectivity index (χ1v) is 8.55. The van der Waals surface area contributed by atoms with E-state index in [9.17, 15) is 0 Å². The summed E-state index contributed by atoms with van der Waals surface area (Å²) < 4.78 is 0. The second-order valence-electron chi connectivity index (χ2n) is 5.61. The van der Waals surface area contributed by atoms with Crippen molar-refractivity contribution in [3.8, 4) is 0 Å². The van der Waals surface area contributed by atoms with Gasteiger partial charge in [-0.05, 0) is 30.7 Å². The first-order chi connectivity index (χ1) is 11.3. The Labute approximate surface area is 140 Å². The van der Waals surface area contributed by atoms with Crippen molar-refractivity contribution in [1.29, 1.82) is 0 Å². The molecule has 1 aliphatic heterocycles. The monoisotopic (exact) mass is 319 g/mol. The summed E-state index contributed by atoms with van der Waals surface area (Å²) in [6.45, 7) is 2.86. The molecule has 114 valence electrons. The average Bonchev–Trinajstić information content (AvgIpc) is 2.61. The zero-order chi connectivity index (χ0) is 15.6. The van der Waals surface area contributed by atoms with Crippen LogP contribution in [0, 0.1) is 6.92 Å². The van der Waals surface area contributed by atoms with Gasteiger partial charge in [-0.2, -0.15) is 0 Å². The quantitative estimate of drug-likeness (QED) is 0.690. The predicted octanol–water partition coefficient (Wildman–Crippen LogP) is 4.60. The van der Waals surface area contributed by atoms with E-state index >= 15 is 0 Å². The van der Waals surface area contributed by atoms with Crippen molar-refractivity contribution >= 4 is 17.6 Å². The molecule has 1 aliphatic rings. The summed E-state index contributed by atoms with van der Waals surface area (Å²) in [5.41, 5.74) is 3.57. The first-order valence-electron chi connectivity index (χ1n) is 7.67. The van der Waals surface area contributed by atoms with Gasteiger partial charge in [0.15, 0.2) is 0 Å². The Kier molecular flexibility index (Phi) is 3.75. The van der Waals surface area contributed by atoms with E-state index in [0.29, 0.717) is 0 Å². The lowest BCUT2D eigenvalue weighted by atomic mass is 10.1. The lowest BCUT2D eigenvalue weighted by molar-refractivity contribution is 0.728. The summed E-state index contributed by atoms with van der Waals surface area (Å²) in [5, 5.41) is 1.30. The Balaban J connectivity index is 1.80. The fourth-order valence-corrected chi connectivity index (χ4v) is 4.06. The van der Waals surface area contributed by atoms with Crippen LogP contribution in [0.15, 0.2) is 71.9 Å². The maximum Gasteiger partial charge on any atom is 0.130 e. The van der Waals surface area contributed by atoms with E-state index in [1.165, 1.54) is 11.1 Å². The van der Waals surface area contributed by atoms with Crippen LogP contribution in [0.3, 0.4) is 0 Å². The third-order valence-corrected chi connectivity index (χ3v) is 5.29. The molecule has 0 N–H and O–H groups in total. The van der Waals surface area contributed by atoms with Gasteiger partial charge in [-0.3, -0.25) is 0 Å². The smallest absolute Gasteiger partial charge is 0.130 e. The molecular formula is C19H17N3S. The number of nitrogens with zero attached hydrogens (tertiary/aromatic N) is 3. The Bertz CT molecular complexity index is 820. The van der Waals surface area contributed by atoms with Crippen molar-refractivity contribution in [2.24, 2.45) is 0 Å². The molecule has 0 saturated carbocycles. The van der Waals surface area contributed by atoms with E-state index in [-0.39, 0.29) is 5.37 Å². The number of hydrogen-bond acceptors (Lipinski definition) is 4. The second kappa shape index (κ2) is 6.05. The van der Waals surface area contributed by atoms with E-state index < -0.39 is 0 Å². The maximum absolute atomic E-state index is 4.74. The zero-order valence-corrected chi connectivity index (χ0v) is 13.7. The van der Waals surface area contributed by atoms with Gasteiger partial charge in [-0.1, -0.05) is 54.2 Å². The van der Waals surface area contributed by atoms with E-state index in [2.05, 4.69) is 58.4 Å². The van der Waals surface area contributed by atoms with Crippen LogP contribution in [0.1, 0.15) is 22.2 Å². The van der Waals surface area contributed by atoms with Gasteiger partial charge in [0.1, 0.15) is 16.2 Å². The molecule has 0 amide bonds. The van der Waals surface area contributed by atoms with Crippen molar-refractivity contribution in [2.75, 3.05) is 4.90 Å². The molecule has 4 heteroatoms. The van der Waals surface area contributed by atoms with Gasteiger partial charge >= 0.3 is 0 Å². The minimum Gasteiger partial charge on any atom is -0.336 e. The number of pyridine rings is 2. The number of hydrogen-bond donors (Lipinski definition) is 0. The Morgan fingerprint density at radius 2 is 1.87 bits per heavy atom. The SMILES string of the molecule is Cc1cccc(N2Cc3cccnc3SC2c2ccccc2)n1. The van der Waals surface area contributed by atoms with Crippen molar-refractivity contribution in [2.45, 2.75) is 23.9 Å². The van der Waals surface area contributed by atoms with Crippen LogP contribution in [-0.4, -0.2) is 9.97 Å². The Hall–Kier alpha value is -2.33. The zero-order valence-electron chi connectivity index (χ0n) is 12.9. The summed E-state index contributed by atoms with van der Waals surface area (Å²) in [6, 6.07) is 20.9. The van der Waals surface area contributed by atoms with Crippen LogP contribution in [-0.2, 0) is 6.54 Å². The van der Waals surface area contributed by atoms with Gasteiger partial charge in [0.25, 0.3) is 0 Å². The average molecular weight is 319 g/mol. The lowest BCUT2D eigenvalue weighted by Gasteiger charge is -2.37. The summed E-state index contributed by atoms with van der Waals surface area (Å²) in [6.07, 6.45) is 1.87. The molecule has 3 aromatic rings. The highest BCUT2D eigenvalue weighted by Gasteiger charge is 2.29. The van der Waals surface area contributed by atoms with Crippen LogP contribution in [0.2, 0.25) is 0 Å². The number of aryl methyl sites for hydroxylation is 1. The van der Waals surface area contributed by atoms with E-state index in [4.69, 9.17) is 4.98 Å². The minimum absolute atomic E-state index is 0.188. The number of aromatic nitrogens is 2. The maximum atomic E-state index is 4.74. The van der Waals surface area contributed by atoms with Crippen LogP contribution in [0.5, 0.6) is 0 Å². The third-order valence-electron chi connectivity index (χ3n) is 3.95. The van der Waals surface area contributed by atoms with Crippen molar-refractivity contribution in [1.82, 2.24) is 9.97 Å². The van der Waals surface area contributed by atoms with Crippen LogP contribution in [0.4, 0.5) is 5.82 Å². The topological polar surface area (TPSA) is 29.0 Å². The third kappa shape index (κ3) is 2.82. The first kappa shape index (κ1) is 14.3. The number of thioether (sulfide) groups is 1. The minimum atomic E-state index is 0.188. The van der Waals surface area contributed by atoms with Crippen LogP contribution < -0.4 is 4.90 Å². The highest BCUT2D eigenvalue weighted by Crippen LogP contribution is 2.45. The van der Waals surface area contributed by atoms with Gasteiger partial charge in [0, 0.05) is 24.0 Å². The molecule has 0 radical (unpaired) electrons. The van der Waals surface area contributed by atoms with Crippen LogP contribution in [0.25, 0.3) is 0 Å². The molecule has 1 atom stereocenters. The molecule has 1 aromatic carbocycles. The molecule has 0 aliphatic carbocycles. The van der Waals surface area contributed by atoms with Crippen molar-refractivity contribution in [3.63, 3.8) is 0 Å². The molecule has 0 saturated heterocycles. The number of rotatable bonds is 2. The highest BCUT2D eigenvalue weighted by molar-refractivity contribution is 7.99. The van der Waals surface area contributed by atoms with Crippen LogP contribution >= 0.6 is 11.8 Å². The summed E-state index contributed by atoms with van der Waals surface area (Å²) in [5.74, 6) is 1.01. The molecule has 4 rings (SSSR count). The number of fused-ring (bicyclic) bond motifs is 1. The summed E-state index contributed by atoms with van der Waals surface area (Å²) in [7, 11) is 0. The number of anilines is 1. The van der Waals surface area contributed by atoms with Gasteiger partial charge in [0.05, 0.1) is 0 Å². The molecule has 3 heterocycles. The summed E-state index contributed by atoms with van der Waals surface area (Å²) in [4.78, 5) is 11.7. The van der Waals surface area contributed by atoms with Gasteiger partial charge in [-0.15, -0.1) is 0 Å². The van der Waals surface area contributed by atoms with Gasteiger partial charge < -0.3 is 4.90 Å². The molecule has 0 spiro atoms. The summed E-state index contributed by atoms with van der Waals surface area (Å²) >= 11 is 1.79. The molecule has 0 fully saturated rings. The lowest BCUT2D eigenvalue weighted by Crippen LogP contribution is -2.30. The molecule has 1 unspecified atom stereocenters. The van der Waals surface area contributed by atoms with Gasteiger partial charge in [0.2, 0.25) is 0 Å². The molecular weight excluding hydrogens is 302 g/mol. The largest absolute Gasteiger partial charge is 0.336 e. The Morgan fingerprint density at radius 3 is 2.70 bits per heavy atom. The number of benzene rings is 1. The Morgan fingerprint density at radius 1 is 1.00 bits per heavy atom. The van der Waals surface area contributed by atoms with E-state index in [0.717, 1.165) is 23.1 Å². The highest BCUT2D eigenvalue weighted by atomic mass is 32.2. The van der Waals surface area contributed by atoms with Crippen molar-refractivity contribution in [3.05, 3.63) is 83.7 Å². The van der Waals surface area contributed by atoms with Crippen molar-refractivity contribution < 1.29 is 0 Å². The standard InChI is InChI=1S/C19H17N3S/c1-14-7-5-11-17(21-14)22-13-16-10-6-12-20-18(16)23-19(22)15-8-3-2-4-9-15/h2-12,19H,13H2,1H3. The predicted molar refractivity (Wildman–Crippen MR) is 94.4 cm³/mol. The fourth-order valence-electron chi connectivity index (χ4n) is 2.84. The molecule has 0 bridgehead atoms. The molecule has 2 aromatic heterocycles. The molecule has 23 heavy (non-hydrogen) atoms. The van der Waals surface area contributed by atoms with E-state index in [1.54, 1.807) is 11.8 Å². The normalized spacial score (nSPS) is 16.9. The molecule has 3 nitrogen and oxygen atoms in total. The van der Waals surface area contributed by atoms with Gasteiger partial charge in [-0.25, -0.2) is 9.97 Å². The van der Waals surface area contributed by atoms with E-state index in [1.807, 2.05) is 25.3 Å². The fraction of sp³-hybridized carbons (Fsp3) is 0.158. The second-order valence-corrected chi connectivity index (χ2v) is 6.68.